The predicted octanol–water partition coefficient (Wildman–Crippen LogP) is 4.11. The lowest BCUT2D eigenvalue weighted by Crippen LogP contribution is -2.45. The Morgan fingerprint density at radius 3 is 2.63 bits per heavy atom. The normalized spacial score (nSPS) is 18.3. The molecule has 6 nitrogen and oxygen atoms in total. The van der Waals surface area contributed by atoms with Crippen molar-refractivity contribution in [3.05, 3.63) is 59.7 Å². The zero-order chi connectivity index (χ0) is 21.4. The molecule has 2 aromatic carbocycles. The molecule has 0 aliphatic carbocycles. The standard InChI is InChI=1S/C24H32N2O4/c1-18-9-3-5-12-21(18)30-22-13-6-4-11-20(22)24(28,19-10-7-15-25-17-19)14-8-16-26-23(27)29-2/h3-6,9,11-13,19,25,28H,7-8,10,14-17H2,1-2H3,(H,26,27)/t19-,24+/m1/s1. The Hall–Kier alpha value is -2.57. The number of methoxy groups -OCH3 is 1. The maximum atomic E-state index is 12.0. The highest BCUT2D eigenvalue weighted by Gasteiger charge is 2.40. The highest BCUT2D eigenvalue weighted by molar-refractivity contribution is 5.66. The van der Waals surface area contributed by atoms with Gasteiger partial charge in [0.1, 0.15) is 11.5 Å². The zero-order valence-electron chi connectivity index (χ0n) is 17.8. The van der Waals surface area contributed by atoms with Crippen molar-refractivity contribution in [2.24, 2.45) is 5.92 Å². The fourth-order valence-corrected chi connectivity index (χ4v) is 4.14. The molecule has 0 aromatic heterocycles. The minimum atomic E-state index is -1.06. The first-order chi connectivity index (χ1) is 14.5. The molecule has 2 aromatic rings. The Balaban J connectivity index is 1.87. The number of piperidine rings is 1. The second-order valence-electron chi connectivity index (χ2n) is 7.85. The Bertz CT molecular complexity index is 835. The van der Waals surface area contributed by atoms with Crippen LogP contribution in [0.1, 0.15) is 36.8 Å². The van der Waals surface area contributed by atoms with Gasteiger partial charge in [-0.15, -0.1) is 0 Å². The van der Waals surface area contributed by atoms with Gasteiger partial charge in [-0.2, -0.15) is 0 Å². The van der Waals surface area contributed by atoms with E-state index in [0.717, 1.165) is 42.8 Å². The molecule has 0 saturated carbocycles. The Morgan fingerprint density at radius 1 is 1.20 bits per heavy atom. The van der Waals surface area contributed by atoms with Crippen LogP contribution in [-0.4, -0.2) is 37.9 Å². The van der Waals surface area contributed by atoms with Crippen molar-refractivity contribution in [3.8, 4) is 11.5 Å². The minimum absolute atomic E-state index is 0.0611. The molecule has 0 radical (unpaired) electrons. The van der Waals surface area contributed by atoms with E-state index < -0.39 is 11.7 Å². The number of carbonyl (C=O) groups excluding carboxylic acids is 1. The fourth-order valence-electron chi connectivity index (χ4n) is 4.14. The van der Waals surface area contributed by atoms with Crippen LogP contribution in [-0.2, 0) is 10.3 Å². The van der Waals surface area contributed by atoms with E-state index >= 15 is 0 Å². The first-order valence-corrected chi connectivity index (χ1v) is 10.6. The van der Waals surface area contributed by atoms with Gasteiger partial charge in [-0.05, 0) is 56.8 Å². The smallest absolute Gasteiger partial charge is 0.406 e. The Labute approximate surface area is 178 Å². The number of hydrogen-bond acceptors (Lipinski definition) is 5. The zero-order valence-corrected chi connectivity index (χ0v) is 17.8. The maximum absolute atomic E-state index is 12.0. The van der Waals surface area contributed by atoms with E-state index in [0.29, 0.717) is 25.1 Å². The molecule has 1 heterocycles. The van der Waals surface area contributed by atoms with Crippen molar-refractivity contribution >= 4 is 6.09 Å². The SMILES string of the molecule is COC(=O)NCCC[C@@](O)(c1ccccc1Oc1ccccc1C)[C@@H]1CCCNC1. The summed E-state index contributed by atoms with van der Waals surface area (Å²) in [5, 5.41) is 18.1. The number of amides is 1. The number of hydrogen-bond donors (Lipinski definition) is 3. The number of aliphatic hydroxyl groups is 1. The number of rotatable bonds is 8. The van der Waals surface area contributed by atoms with Gasteiger partial charge in [-0.25, -0.2) is 4.79 Å². The van der Waals surface area contributed by atoms with Gasteiger partial charge >= 0.3 is 6.09 Å². The molecule has 1 fully saturated rings. The molecule has 0 bridgehead atoms. The summed E-state index contributed by atoms with van der Waals surface area (Å²) < 4.78 is 10.9. The summed E-state index contributed by atoms with van der Waals surface area (Å²) in [6.07, 6.45) is 2.64. The van der Waals surface area contributed by atoms with Crippen LogP contribution in [0.5, 0.6) is 11.5 Å². The van der Waals surface area contributed by atoms with Crippen molar-refractivity contribution in [3.63, 3.8) is 0 Å². The van der Waals surface area contributed by atoms with Crippen molar-refractivity contribution in [2.75, 3.05) is 26.7 Å². The summed E-state index contributed by atoms with van der Waals surface area (Å²) in [5.74, 6) is 1.51. The lowest BCUT2D eigenvalue weighted by atomic mass is 9.74. The maximum Gasteiger partial charge on any atom is 0.406 e. The van der Waals surface area contributed by atoms with Gasteiger partial charge in [-0.1, -0.05) is 36.4 Å². The molecule has 2 atom stereocenters. The Morgan fingerprint density at radius 2 is 1.93 bits per heavy atom. The van der Waals surface area contributed by atoms with Crippen molar-refractivity contribution in [1.29, 1.82) is 0 Å². The van der Waals surface area contributed by atoms with Gasteiger partial charge in [0.15, 0.2) is 0 Å². The molecule has 1 saturated heterocycles. The fraction of sp³-hybridized carbons (Fsp3) is 0.458. The van der Waals surface area contributed by atoms with Gasteiger partial charge in [0, 0.05) is 24.6 Å². The third-order valence-electron chi connectivity index (χ3n) is 5.83. The molecular formula is C24H32N2O4. The molecule has 6 heteroatoms. The minimum Gasteiger partial charge on any atom is -0.457 e. The lowest BCUT2D eigenvalue weighted by Gasteiger charge is -2.40. The largest absolute Gasteiger partial charge is 0.457 e. The van der Waals surface area contributed by atoms with Crippen LogP contribution in [0.2, 0.25) is 0 Å². The second-order valence-corrected chi connectivity index (χ2v) is 7.85. The van der Waals surface area contributed by atoms with Crippen LogP contribution in [0.15, 0.2) is 48.5 Å². The lowest BCUT2D eigenvalue weighted by molar-refractivity contribution is -0.0433. The number of nitrogens with one attached hydrogen (secondary N) is 2. The van der Waals surface area contributed by atoms with Crippen LogP contribution in [0.4, 0.5) is 4.79 Å². The summed E-state index contributed by atoms with van der Waals surface area (Å²) in [7, 11) is 1.35. The van der Waals surface area contributed by atoms with Gasteiger partial charge in [0.05, 0.1) is 12.7 Å². The van der Waals surface area contributed by atoms with E-state index in [2.05, 4.69) is 15.4 Å². The molecule has 1 aliphatic rings. The van der Waals surface area contributed by atoms with E-state index in [1.807, 2.05) is 55.5 Å². The first kappa shape index (κ1) is 22.1. The first-order valence-electron chi connectivity index (χ1n) is 10.6. The van der Waals surface area contributed by atoms with E-state index in [9.17, 15) is 9.90 Å². The van der Waals surface area contributed by atoms with Crippen molar-refractivity contribution in [2.45, 2.75) is 38.2 Å². The van der Waals surface area contributed by atoms with Gasteiger partial charge in [-0.3, -0.25) is 0 Å². The number of benzene rings is 2. The molecule has 3 rings (SSSR count). The molecule has 162 valence electrons. The van der Waals surface area contributed by atoms with E-state index in [1.54, 1.807) is 0 Å². The molecule has 0 spiro atoms. The third kappa shape index (κ3) is 5.32. The molecule has 30 heavy (non-hydrogen) atoms. The van der Waals surface area contributed by atoms with Gasteiger partial charge in [0.2, 0.25) is 0 Å². The number of aryl methyl sites for hydroxylation is 1. The summed E-state index contributed by atoms with van der Waals surface area (Å²) in [6.45, 7) is 4.17. The topological polar surface area (TPSA) is 79.8 Å². The van der Waals surface area contributed by atoms with Crippen LogP contribution in [0.3, 0.4) is 0 Å². The molecular weight excluding hydrogens is 380 g/mol. The quantitative estimate of drug-likeness (QED) is 0.569. The molecule has 0 unspecified atom stereocenters. The number of ether oxygens (including phenoxy) is 2. The number of para-hydroxylation sites is 2. The average molecular weight is 413 g/mol. The number of carbonyl (C=O) groups is 1. The molecule has 1 aliphatic heterocycles. The summed E-state index contributed by atoms with van der Waals surface area (Å²) in [5.41, 5.74) is 0.766. The van der Waals surface area contributed by atoms with Crippen LogP contribution < -0.4 is 15.4 Å². The predicted molar refractivity (Wildman–Crippen MR) is 117 cm³/mol. The molecule has 1 amide bonds. The molecule has 3 N–H and O–H groups in total. The van der Waals surface area contributed by atoms with Gasteiger partial charge < -0.3 is 25.2 Å². The van der Waals surface area contributed by atoms with Crippen molar-refractivity contribution in [1.82, 2.24) is 10.6 Å². The highest BCUT2D eigenvalue weighted by Crippen LogP contribution is 2.43. The summed E-state index contributed by atoms with van der Waals surface area (Å²) in [6, 6.07) is 15.6. The number of alkyl carbamates (subject to hydrolysis) is 1. The third-order valence-corrected chi connectivity index (χ3v) is 5.83. The average Bonchev–Trinajstić information content (AvgIpc) is 2.79. The van der Waals surface area contributed by atoms with Crippen LogP contribution in [0, 0.1) is 12.8 Å². The van der Waals surface area contributed by atoms with Crippen LogP contribution in [0.25, 0.3) is 0 Å². The van der Waals surface area contributed by atoms with Crippen molar-refractivity contribution < 1.29 is 19.4 Å². The van der Waals surface area contributed by atoms with Crippen LogP contribution >= 0.6 is 0 Å². The second kappa shape index (κ2) is 10.5. The van der Waals surface area contributed by atoms with E-state index in [1.165, 1.54) is 7.11 Å². The highest BCUT2D eigenvalue weighted by atomic mass is 16.5. The van der Waals surface area contributed by atoms with Gasteiger partial charge in [0.25, 0.3) is 0 Å². The summed E-state index contributed by atoms with van der Waals surface area (Å²) >= 11 is 0. The van der Waals surface area contributed by atoms with E-state index in [4.69, 9.17) is 4.74 Å². The summed E-state index contributed by atoms with van der Waals surface area (Å²) in [4.78, 5) is 11.4. The monoisotopic (exact) mass is 412 g/mol. The van der Waals surface area contributed by atoms with E-state index in [-0.39, 0.29) is 5.92 Å². The Kier molecular flexibility index (Phi) is 7.71.